The first kappa shape index (κ1) is 20.0. The van der Waals surface area contributed by atoms with Crippen LogP contribution >= 0.6 is 0 Å². The Hall–Kier alpha value is -1.34. The molecule has 0 radical (unpaired) electrons. The quantitative estimate of drug-likeness (QED) is 0.784. The first-order chi connectivity index (χ1) is 11.7. The fourth-order valence-electron chi connectivity index (χ4n) is 3.33. The van der Waals surface area contributed by atoms with E-state index in [1.807, 2.05) is 20.8 Å². The van der Waals surface area contributed by atoms with E-state index < -0.39 is 11.7 Å². The van der Waals surface area contributed by atoms with E-state index in [-0.39, 0.29) is 17.6 Å². The number of carbonyl (C=O) groups is 2. The standard InChI is InChI=1S/C18H33N3O4/c1-6-20(7-2)11-10-19-15(22)14-8-9-18(24-14)12-21(13-18)16(23)25-17(3,4)5/h14H,6-13H2,1-5H3,(H,19,22). The molecule has 2 aliphatic rings. The highest BCUT2D eigenvalue weighted by molar-refractivity contribution is 5.81. The van der Waals surface area contributed by atoms with E-state index in [1.165, 1.54) is 0 Å². The lowest BCUT2D eigenvalue weighted by atomic mass is 9.91. The highest BCUT2D eigenvalue weighted by Crippen LogP contribution is 2.38. The molecule has 1 N–H and O–H groups in total. The Balaban J connectivity index is 1.71. The Kier molecular flexibility index (Phi) is 6.32. The molecular formula is C18H33N3O4. The van der Waals surface area contributed by atoms with Crippen molar-refractivity contribution in [1.29, 1.82) is 0 Å². The Bertz CT molecular complexity index is 479. The van der Waals surface area contributed by atoms with Crippen LogP contribution in [0.3, 0.4) is 0 Å². The second-order valence-electron chi connectivity index (χ2n) is 7.98. The zero-order chi connectivity index (χ0) is 18.7. The predicted octanol–water partition coefficient (Wildman–Crippen LogP) is 1.61. The van der Waals surface area contributed by atoms with E-state index >= 15 is 0 Å². The molecule has 0 saturated carbocycles. The molecule has 0 aromatic heterocycles. The van der Waals surface area contributed by atoms with Crippen LogP contribution in [0.4, 0.5) is 4.79 Å². The van der Waals surface area contributed by atoms with Crippen LogP contribution in [0.5, 0.6) is 0 Å². The van der Waals surface area contributed by atoms with Crippen molar-refractivity contribution in [2.75, 3.05) is 39.3 Å². The smallest absolute Gasteiger partial charge is 0.410 e. The second-order valence-corrected chi connectivity index (χ2v) is 7.98. The minimum atomic E-state index is -0.496. The van der Waals surface area contributed by atoms with Crippen molar-refractivity contribution in [1.82, 2.24) is 15.1 Å². The molecule has 2 saturated heterocycles. The van der Waals surface area contributed by atoms with Crippen molar-refractivity contribution >= 4 is 12.0 Å². The lowest BCUT2D eigenvalue weighted by Gasteiger charge is -2.47. The molecule has 2 heterocycles. The molecule has 0 bridgehead atoms. The number of nitrogens with one attached hydrogen (secondary N) is 1. The summed E-state index contributed by atoms with van der Waals surface area (Å²) in [5.41, 5.74) is -0.860. The van der Waals surface area contributed by atoms with Gasteiger partial charge in [0.2, 0.25) is 5.91 Å². The molecular weight excluding hydrogens is 322 g/mol. The van der Waals surface area contributed by atoms with Crippen LogP contribution in [-0.4, -0.2) is 78.4 Å². The van der Waals surface area contributed by atoms with Gasteiger partial charge >= 0.3 is 6.09 Å². The number of nitrogens with zero attached hydrogens (tertiary/aromatic N) is 2. The maximum absolute atomic E-state index is 12.3. The summed E-state index contributed by atoms with van der Waals surface area (Å²) in [6, 6.07) is 0. The lowest BCUT2D eigenvalue weighted by molar-refractivity contribution is -0.153. The molecule has 1 atom stereocenters. The van der Waals surface area contributed by atoms with Gasteiger partial charge in [-0.2, -0.15) is 0 Å². The van der Waals surface area contributed by atoms with E-state index in [0.29, 0.717) is 26.1 Å². The van der Waals surface area contributed by atoms with Crippen LogP contribution in [0.25, 0.3) is 0 Å². The van der Waals surface area contributed by atoms with Crippen LogP contribution in [0.15, 0.2) is 0 Å². The number of ether oxygens (including phenoxy) is 2. The minimum Gasteiger partial charge on any atom is -0.444 e. The van der Waals surface area contributed by atoms with Crippen LogP contribution in [0.1, 0.15) is 47.5 Å². The molecule has 2 aliphatic heterocycles. The molecule has 2 rings (SSSR count). The van der Waals surface area contributed by atoms with Gasteiger partial charge in [-0.1, -0.05) is 13.8 Å². The van der Waals surface area contributed by atoms with E-state index in [2.05, 4.69) is 24.1 Å². The minimum absolute atomic E-state index is 0.0419. The molecule has 144 valence electrons. The maximum atomic E-state index is 12.3. The van der Waals surface area contributed by atoms with Gasteiger partial charge in [0.15, 0.2) is 0 Å². The summed E-state index contributed by atoms with van der Waals surface area (Å²) in [6.45, 7) is 14.2. The second kappa shape index (κ2) is 7.91. The number of likely N-dealkylation sites (N-methyl/N-ethyl adjacent to an activating group) is 1. The number of hydrogen-bond acceptors (Lipinski definition) is 5. The van der Waals surface area contributed by atoms with Crippen LogP contribution in [0.2, 0.25) is 0 Å². The molecule has 0 aromatic carbocycles. The highest BCUT2D eigenvalue weighted by Gasteiger charge is 2.53. The summed E-state index contributed by atoms with van der Waals surface area (Å²) in [6.07, 6.45) is 0.797. The molecule has 1 unspecified atom stereocenters. The Morgan fingerprint density at radius 1 is 1.28 bits per heavy atom. The summed E-state index contributed by atoms with van der Waals surface area (Å²) in [5, 5.41) is 2.96. The number of likely N-dealkylation sites (tertiary alicyclic amines) is 1. The zero-order valence-corrected chi connectivity index (χ0v) is 16.3. The summed E-state index contributed by atoms with van der Waals surface area (Å²) < 4.78 is 11.4. The van der Waals surface area contributed by atoms with Gasteiger partial charge in [-0.25, -0.2) is 4.79 Å². The van der Waals surface area contributed by atoms with Crippen molar-refractivity contribution in [3.63, 3.8) is 0 Å². The Morgan fingerprint density at radius 3 is 2.48 bits per heavy atom. The number of carbonyl (C=O) groups excluding carboxylic acids is 2. The van der Waals surface area contributed by atoms with Crippen LogP contribution in [-0.2, 0) is 14.3 Å². The van der Waals surface area contributed by atoms with E-state index in [0.717, 1.165) is 26.1 Å². The SMILES string of the molecule is CCN(CC)CCNC(=O)C1CCC2(CN(C(=O)OC(C)(C)C)C2)O1. The monoisotopic (exact) mass is 355 g/mol. The summed E-state index contributed by atoms with van der Waals surface area (Å²) in [7, 11) is 0. The molecule has 7 nitrogen and oxygen atoms in total. The first-order valence-electron chi connectivity index (χ1n) is 9.34. The number of rotatable bonds is 6. The zero-order valence-electron chi connectivity index (χ0n) is 16.3. The first-order valence-corrected chi connectivity index (χ1v) is 9.34. The van der Waals surface area contributed by atoms with Gasteiger partial charge in [0, 0.05) is 13.1 Å². The third-order valence-electron chi connectivity index (χ3n) is 4.78. The molecule has 1 spiro atoms. The summed E-state index contributed by atoms with van der Waals surface area (Å²) in [4.78, 5) is 28.2. The van der Waals surface area contributed by atoms with Crippen LogP contribution in [0, 0.1) is 0 Å². The molecule has 0 aromatic rings. The molecule has 2 fully saturated rings. The van der Waals surface area contributed by atoms with E-state index in [4.69, 9.17) is 9.47 Å². The fourth-order valence-corrected chi connectivity index (χ4v) is 3.33. The molecule has 0 aliphatic carbocycles. The third-order valence-corrected chi connectivity index (χ3v) is 4.78. The number of hydrogen-bond donors (Lipinski definition) is 1. The summed E-state index contributed by atoms with van der Waals surface area (Å²) in [5.74, 6) is -0.0419. The topological polar surface area (TPSA) is 71.1 Å². The van der Waals surface area contributed by atoms with Gasteiger partial charge in [-0.15, -0.1) is 0 Å². The van der Waals surface area contributed by atoms with Crippen molar-refractivity contribution in [3.8, 4) is 0 Å². The average Bonchev–Trinajstić information content (AvgIpc) is 2.94. The van der Waals surface area contributed by atoms with Crippen molar-refractivity contribution < 1.29 is 19.1 Å². The molecule has 2 amide bonds. The maximum Gasteiger partial charge on any atom is 0.410 e. The Morgan fingerprint density at radius 2 is 1.92 bits per heavy atom. The third kappa shape index (κ3) is 5.31. The molecule has 7 heteroatoms. The van der Waals surface area contributed by atoms with E-state index in [1.54, 1.807) is 4.90 Å². The Labute approximate surface area is 151 Å². The number of amides is 2. The largest absolute Gasteiger partial charge is 0.444 e. The van der Waals surface area contributed by atoms with Crippen molar-refractivity contribution in [2.45, 2.75) is 64.8 Å². The van der Waals surface area contributed by atoms with E-state index in [9.17, 15) is 9.59 Å². The fraction of sp³-hybridized carbons (Fsp3) is 0.889. The lowest BCUT2D eigenvalue weighted by Crippen LogP contribution is -2.64. The van der Waals surface area contributed by atoms with Gasteiger partial charge in [0.05, 0.1) is 13.1 Å². The van der Waals surface area contributed by atoms with Gasteiger partial charge in [-0.05, 0) is 46.7 Å². The van der Waals surface area contributed by atoms with Gasteiger partial charge in [0.1, 0.15) is 17.3 Å². The summed E-state index contributed by atoms with van der Waals surface area (Å²) >= 11 is 0. The molecule has 25 heavy (non-hydrogen) atoms. The van der Waals surface area contributed by atoms with Crippen LogP contribution < -0.4 is 5.32 Å². The van der Waals surface area contributed by atoms with Crippen molar-refractivity contribution in [3.05, 3.63) is 0 Å². The van der Waals surface area contributed by atoms with Gasteiger partial charge in [-0.3, -0.25) is 4.79 Å². The van der Waals surface area contributed by atoms with Crippen molar-refractivity contribution in [2.24, 2.45) is 0 Å². The van der Waals surface area contributed by atoms with Gasteiger partial charge in [0.25, 0.3) is 0 Å². The normalized spacial score (nSPS) is 22.2. The predicted molar refractivity (Wildman–Crippen MR) is 95.4 cm³/mol. The van der Waals surface area contributed by atoms with Gasteiger partial charge < -0.3 is 24.6 Å². The average molecular weight is 355 g/mol. The highest BCUT2D eigenvalue weighted by atomic mass is 16.6.